The van der Waals surface area contributed by atoms with E-state index >= 15 is 0 Å². The topological polar surface area (TPSA) is 58.6 Å². The summed E-state index contributed by atoms with van der Waals surface area (Å²) in [6.07, 6.45) is 1.53. The van der Waals surface area contributed by atoms with Gasteiger partial charge in [-0.2, -0.15) is 0 Å². The summed E-state index contributed by atoms with van der Waals surface area (Å²) < 4.78 is 5.25. The zero-order chi connectivity index (χ0) is 18.8. The molecule has 0 aliphatic carbocycles. The molecule has 138 valence electrons. The van der Waals surface area contributed by atoms with Gasteiger partial charge in [0.25, 0.3) is 0 Å². The number of rotatable bonds is 5. The highest BCUT2D eigenvalue weighted by Gasteiger charge is 2.22. The molecular weight excluding hydrogens is 340 g/mol. The second kappa shape index (κ2) is 7.23. The van der Waals surface area contributed by atoms with Gasteiger partial charge < -0.3 is 14.5 Å². The average molecular weight is 362 g/mol. The van der Waals surface area contributed by atoms with Crippen LogP contribution in [0.25, 0.3) is 10.9 Å². The number of hydrogen-bond donors (Lipinski definition) is 0. The van der Waals surface area contributed by atoms with Crippen LogP contribution in [0.1, 0.15) is 18.7 Å². The number of carbonyl (C=O) groups is 1. The molecule has 6 heteroatoms. The zero-order valence-corrected chi connectivity index (χ0v) is 15.6. The monoisotopic (exact) mass is 362 g/mol. The number of amides is 1. The van der Waals surface area contributed by atoms with Crippen molar-refractivity contribution in [1.82, 2.24) is 14.9 Å². The summed E-state index contributed by atoms with van der Waals surface area (Å²) in [5, 5.41) is 0.979. The maximum absolute atomic E-state index is 12.0. The van der Waals surface area contributed by atoms with E-state index < -0.39 is 0 Å². The molecule has 1 aliphatic heterocycles. The molecule has 1 fully saturated rings. The number of methoxy groups -OCH3 is 1. The molecule has 1 aromatic heterocycles. The van der Waals surface area contributed by atoms with Crippen LogP contribution in [0.5, 0.6) is 5.75 Å². The number of benzene rings is 2. The molecule has 0 saturated carbocycles. The van der Waals surface area contributed by atoms with E-state index in [1.54, 1.807) is 7.11 Å². The van der Waals surface area contributed by atoms with E-state index in [9.17, 15) is 4.79 Å². The molecular formula is C21H22N4O2. The summed E-state index contributed by atoms with van der Waals surface area (Å²) in [5.41, 5.74) is 1.88. The quantitative estimate of drug-likeness (QED) is 0.695. The number of nitrogens with zero attached hydrogens (tertiary/aromatic N) is 4. The van der Waals surface area contributed by atoms with Crippen LogP contribution in [0.3, 0.4) is 0 Å². The van der Waals surface area contributed by atoms with Crippen LogP contribution < -0.4 is 9.64 Å². The van der Waals surface area contributed by atoms with Gasteiger partial charge in [0, 0.05) is 31.1 Å². The minimum Gasteiger partial charge on any atom is -0.497 e. The lowest BCUT2D eigenvalue weighted by atomic mass is 10.2. The van der Waals surface area contributed by atoms with Crippen molar-refractivity contribution >= 4 is 28.3 Å². The number of likely N-dealkylation sites (tertiary alicyclic amines) is 1. The van der Waals surface area contributed by atoms with Crippen molar-refractivity contribution in [2.24, 2.45) is 0 Å². The molecule has 27 heavy (non-hydrogen) atoms. The Morgan fingerprint density at radius 2 is 1.89 bits per heavy atom. The van der Waals surface area contributed by atoms with Gasteiger partial charge in [-0.15, -0.1) is 0 Å². The predicted octanol–water partition coefficient (Wildman–Crippen LogP) is 3.53. The van der Waals surface area contributed by atoms with Gasteiger partial charge in [0.05, 0.1) is 19.2 Å². The third-order valence-corrected chi connectivity index (χ3v) is 4.91. The maximum atomic E-state index is 12.0. The van der Waals surface area contributed by atoms with E-state index in [-0.39, 0.29) is 5.91 Å². The Morgan fingerprint density at radius 3 is 2.59 bits per heavy atom. The summed E-state index contributed by atoms with van der Waals surface area (Å²) in [7, 11) is 3.64. The van der Waals surface area contributed by atoms with Gasteiger partial charge in [0.2, 0.25) is 5.91 Å². The van der Waals surface area contributed by atoms with Crippen LogP contribution in [-0.2, 0) is 11.3 Å². The first-order valence-electron chi connectivity index (χ1n) is 9.07. The minimum absolute atomic E-state index is 0.178. The van der Waals surface area contributed by atoms with Crippen molar-refractivity contribution in [3.05, 3.63) is 54.4 Å². The average Bonchev–Trinajstić information content (AvgIpc) is 3.11. The highest BCUT2D eigenvalue weighted by molar-refractivity contribution is 5.91. The molecule has 6 nitrogen and oxygen atoms in total. The molecule has 3 aromatic rings. The third-order valence-electron chi connectivity index (χ3n) is 4.91. The predicted molar refractivity (Wildman–Crippen MR) is 105 cm³/mol. The third kappa shape index (κ3) is 3.43. The van der Waals surface area contributed by atoms with Crippen molar-refractivity contribution in [2.75, 3.05) is 25.6 Å². The summed E-state index contributed by atoms with van der Waals surface area (Å²) in [5.74, 6) is 2.48. The number of hydrogen-bond acceptors (Lipinski definition) is 5. The fourth-order valence-electron chi connectivity index (χ4n) is 3.40. The molecule has 2 aromatic carbocycles. The normalized spacial score (nSPS) is 14.0. The lowest BCUT2D eigenvalue weighted by Crippen LogP contribution is -2.25. The molecule has 0 N–H and O–H groups in total. The Hall–Kier alpha value is -3.15. The zero-order valence-electron chi connectivity index (χ0n) is 15.6. The summed E-state index contributed by atoms with van der Waals surface area (Å²) in [4.78, 5) is 25.4. The Bertz CT molecular complexity index is 972. The molecule has 0 radical (unpaired) electrons. The van der Waals surface area contributed by atoms with Gasteiger partial charge >= 0.3 is 0 Å². The largest absolute Gasteiger partial charge is 0.497 e. The van der Waals surface area contributed by atoms with E-state index in [1.807, 2.05) is 65.4 Å². The van der Waals surface area contributed by atoms with Crippen LogP contribution in [0.4, 0.5) is 11.5 Å². The first-order chi connectivity index (χ1) is 13.2. The molecule has 1 saturated heterocycles. The molecule has 0 unspecified atom stereocenters. The Kier molecular flexibility index (Phi) is 4.62. The Balaban J connectivity index is 1.74. The van der Waals surface area contributed by atoms with Crippen LogP contribution >= 0.6 is 0 Å². The van der Waals surface area contributed by atoms with Crippen molar-refractivity contribution in [1.29, 1.82) is 0 Å². The number of carbonyl (C=O) groups excluding carboxylic acids is 1. The van der Waals surface area contributed by atoms with Gasteiger partial charge in [-0.05, 0) is 42.8 Å². The lowest BCUT2D eigenvalue weighted by molar-refractivity contribution is -0.128. The second-order valence-corrected chi connectivity index (χ2v) is 6.66. The van der Waals surface area contributed by atoms with Gasteiger partial charge in [-0.25, -0.2) is 9.97 Å². The highest BCUT2D eigenvalue weighted by atomic mass is 16.5. The molecule has 1 aliphatic rings. The van der Waals surface area contributed by atoms with Crippen LogP contribution in [0, 0.1) is 0 Å². The van der Waals surface area contributed by atoms with E-state index in [2.05, 4.69) is 4.98 Å². The van der Waals surface area contributed by atoms with E-state index in [4.69, 9.17) is 9.72 Å². The smallest absolute Gasteiger partial charge is 0.223 e. The second-order valence-electron chi connectivity index (χ2n) is 6.66. The van der Waals surface area contributed by atoms with Crippen molar-refractivity contribution in [2.45, 2.75) is 19.4 Å². The Morgan fingerprint density at radius 1 is 1.11 bits per heavy atom. The van der Waals surface area contributed by atoms with Gasteiger partial charge in [-0.3, -0.25) is 4.79 Å². The van der Waals surface area contributed by atoms with Crippen LogP contribution in [0.2, 0.25) is 0 Å². The van der Waals surface area contributed by atoms with E-state index in [0.29, 0.717) is 18.8 Å². The van der Waals surface area contributed by atoms with Crippen molar-refractivity contribution in [3.8, 4) is 5.75 Å². The molecule has 2 heterocycles. The minimum atomic E-state index is 0.178. The van der Waals surface area contributed by atoms with Crippen LogP contribution in [-0.4, -0.2) is 41.5 Å². The number of fused-ring (bicyclic) bond motifs is 1. The van der Waals surface area contributed by atoms with Gasteiger partial charge in [0.1, 0.15) is 11.6 Å². The first kappa shape index (κ1) is 17.3. The summed E-state index contributed by atoms with van der Waals surface area (Å²) in [6.45, 7) is 1.23. The maximum Gasteiger partial charge on any atom is 0.223 e. The molecule has 0 bridgehead atoms. The Labute approximate surface area is 158 Å². The highest BCUT2D eigenvalue weighted by Crippen LogP contribution is 2.30. The number of ether oxygens (including phenoxy) is 1. The molecule has 0 spiro atoms. The molecule has 1 amide bonds. The summed E-state index contributed by atoms with van der Waals surface area (Å²) >= 11 is 0. The molecule has 0 atom stereocenters. The van der Waals surface area contributed by atoms with Crippen molar-refractivity contribution < 1.29 is 9.53 Å². The fourth-order valence-corrected chi connectivity index (χ4v) is 3.40. The standard InChI is InChI=1S/C21H22N4O2/c1-24(15-9-11-16(27-2)12-10-15)21-17-6-3-4-7-18(17)22-19(23-21)14-25-13-5-8-20(25)26/h3-4,6-7,9-12H,5,8,13-14H2,1-2H3. The van der Waals surface area contributed by atoms with Crippen LogP contribution in [0.15, 0.2) is 48.5 Å². The summed E-state index contributed by atoms with van der Waals surface area (Å²) in [6, 6.07) is 15.8. The number of anilines is 2. The molecule has 4 rings (SSSR count). The lowest BCUT2D eigenvalue weighted by Gasteiger charge is -2.22. The number of para-hydroxylation sites is 1. The first-order valence-corrected chi connectivity index (χ1v) is 9.07. The van der Waals surface area contributed by atoms with Gasteiger partial charge in [-0.1, -0.05) is 12.1 Å². The van der Waals surface area contributed by atoms with E-state index in [1.165, 1.54) is 0 Å². The fraction of sp³-hybridized carbons (Fsp3) is 0.286. The van der Waals surface area contributed by atoms with Gasteiger partial charge in [0.15, 0.2) is 5.82 Å². The number of aromatic nitrogens is 2. The SMILES string of the molecule is COc1ccc(N(C)c2nc(CN3CCCC3=O)nc3ccccc23)cc1. The van der Waals surface area contributed by atoms with E-state index in [0.717, 1.165) is 41.1 Å². The van der Waals surface area contributed by atoms with Crippen molar-refractivity contribution in [3.63, 3.8) is 0 Å².